The van der Waals surface area contributed by atoms with Crippen LogP contribution >= 0.6 is 0 Å². The molecule has 1 atom stereocenters. The monoisotopic (exact) mass is 274 g/mol. The molecule has 106 valence electrons. The number of nitrogens with zero attached hydrogens (tertiary/aromatic N) is 1. The molecular formula is C15H18N2O3. The lowest BCUT2D eigenvalue weighted by molar-refractivity contribution is -0.139. The van der Waals surface area contributed by atoms with E-state index in [9.17, 15) is 9.90 Å². The number of fused-ring (bicyclic) bond motifs is 1. The largest absolute Gasteiger partial charge is 0.469 e. The van der Waals surface area contributed by atoms with Crippen LogP contribution in [0, 0.1) is 0 Å². The number of hydrogen-bond donors (Lipinski definition) is 2. The molecule has 1 aromatic heterocycles. The maximum atomic E-state index is 11.4. The van der Waals surface area contributed by atoms with Gasteiger partial charge in [0.15, 0.2) is 0 Å². The Balaban J connectivity index is 2.38. The average molecular weight is 274 g/mol. The zero-order chi connectivity index (χ0) is 14.5. The molecule has 0 aliphatic rings. The van der Waals surface area contributed by atoms with Gasteiger partial charge in [0.25, 0.3) is 0 Å². The number of ether oxygens (including phenoxy) is 1. The van der Waals surface area contributed by atoms with Gasteiger partial charge in [-0.05, 0) is 19.1 Å². The fraction of sp³-hybridized carbons (Fsp3) is 0.333. The van der Waals surface area contributed by atoms with E-state index in [-0.39, 0.29) is 12.4 Å². The van der Waals surface area contributed by atoms with E-state index in [2.05, 4.69) is 15.0 Å². The van der Waals surface area contributed by atoms with E-state index in [1.54, 1.807) is 6.92 Å². The van der Waals surface area contributed by atoms with Gasteiger partial charge in [0.05, 0.1) is 30.8 Å². The van der Waals surface area contributed by atoms with Gasteiger partial charge in [-0.2, -0.15) is 0 Å². The van der Waals surface area contributed by atoms with Gasteiger partial charge in [-0.25, -0.2) is 0 Å². The zero-order valence-electron chi connectivity index (χ0n) is 11.6. The van der Waals surface area contributed by atoms with Crippen molar-refractivity contribution in [2.24, 2.45) is 0 Å². The van der Waals surface area contributed by atoms with E-state index in [0.717, 1.165) is 16.6 Å². The van der Waals surface area contributed by atoms with E-state index in [1.807, 2.05) is 30.3 Å². The lowest BCUT2D eigenvalue weighted by atomic mass is 10.1. The summed E-state index contributed by atoms with van der Waals surface area (Å²) in [6.45, 7) is 2.15. The first kappa shape index (κ1) is 14.3. The lowest BCUT2D eigenvalue weighted by Crippen LogP contribution is -2.16. The van der Waals surface area contributed by atoms with Crippen LogP contribution in [0.3, 0.4) is 0 Å². The second kappa shape index (κ2) is 6.34. The van der Waals surface area contributed by atoms with Crippen LogP contribution in [-0.4, -0.2) is 35.8 Å². The molecule has 0 radical (unpaired) electrons. The van der Waals surface area contributed by atoms with Crippen LogP contribution in [0.2, 0.25) is 0 Å². The van der Waals surface area contributed by atoms with E-state index < -0.39 is 6.10 Å². The molecule has 2 aromatic rings. The number of hydrogen-bond acceptors (Lipinski definition) is 5. The molecule has 1 aromatic carbocycles. The summed E-state index contributed by atoms with van der Waals surface area (Å²) in [6.07, 6.45) is -0.323. The highest BCUT2D eigenvalue weighted by molar-refractivity contribution is 5.92. The summed E-state index contributed by atoms with van der Waals surface area (Å²) in [4.78, 5) is 15.8. The number of carbonyl (C=O) groups is 1. The number of esters is 1. The highest BCUT2D eigenvalue weighted by Crippen LogP contribution is 2.23. The number of carbonyl (C=O) groups excluding carboxylic acids is 1. The Morgan fingerprint density at radius 2 is 2.20 bits per heavy atom. The predicted octanol–water partition coefficient (Wildman–Crippen LogP) is 1.74. The third kappa shape index (κ3) is 3.45. The van der Waals surface area contributed by atoms with Crippen LogP contribution in [0.15, 0.2) is 30.3 Å². The van der Waals surface area contributed by atoms with E-state index in [0.29, 0.717) is 12.2 Å². The number of methoxy groups -OCH3 is 1. The molecule has 0 aliphatic heterocycles. The Bertz CT molecular complexity index is 611. The number of aromatic nitrogens is 1. The van der Waals surface area contributed by atoms with Gasteiger partial charge in [-0.15, -0.1) is 0 Å². The molecular weight excluding hydrogens is 256 g/mol. The minimum atomic E-state index is -0.453. The standard InChI is InChI=1S/C15H18N2O3/c1-10(18)9-16-14-7-11(8-15(19)20-2)17-13-6-4-3-5-12(13)14/h3-7,10,18H,8-9H2,1-2H3,(H,16,17). The number of benzene rings is 1. The molecule has 0 spiro atoms. The zero-order valence-corrected chi connectivity index (χ0v) is 11.6. The Kier molecular flexibility index (Phi) is 4.53. The Morgan fingerprint density at radius 3 is 2.90 bits per heavy atom. The third-order valence-corrected chi connectivity index (χ3v) is 2.91. The minimum Gasteiger partial charge on any atom is -0.469 e. The molecule has 1 heterocycles. The third-order valence-electron chi connectivity index (χ3n) is 2.91. The summed E-state index contributed by atoms with van der Waals surface area (Å²) >= 11 is 0. The van der Waals surface area contributed by atoms with Crippen LogP contribution in [-0.2, 0) is 16.0 Å². The normalized spacial score (nSPS) is 12.2. The van der Waals surface area contributed by atoms with Gasteiger partial charge >= 0.3 is 5.97 Å². The molecule has 5 heteroatoms. The second-order valence-electron chi connectivity index (χ2n) is 4.66. The topological polar surface area (TPSA) is 71.5 Å². The first-order valence-electron chi connectivity index (χ1n) is 6.47. The SMILES string of the molecule is COC(=O)Cc1cc(NCC(C)O)c2ccccc2n1. The van der Waals surface area contributed by atoms with E-state index in [1.165, 1.54) is 7.11 Å². The van der Waals surface area contributed by atoms with Crippen molar-refractivity contribution in [3.63, 3.8) is 0 Å². The fourth-order valence-electron chi connectivity index (χ4n) is 1.94. The van der Waals surface area contributed by atoms with Crippen molar-refractivity contribution < 1.29 is 14.6 Å². The van der Waals surface area contributed by atoms with Gasteiger partial charge in [0.2, 0.25) is 0 Å². The highest BCUT2D eigenvalue weighted by Gasteiger charge is 2.09. The van der Waals surface area contributed by atoms with Crippen molar-refractivity contribution in [1.82, 2.24) is 4.98 Å². The maximum Gasteiger partial charge on any atom is 0.311 e. The second-order valence-corrected chi connectivity index (χ2v) is 4.66. The molecule has 0 aliphatic carbocycles. The van der Waals surface area contributed by atoms with Crippen molar-refractivity contribution in [1.29, 1.82) is 0 Å². The summed E-state index contributed by atoms with van der Waals surface area (Å²) in [7, 11) is 1.36. The molecule has 0 amide bonds. The van der Waals surface area contributed by atoms with Crippen LogP contribution in [0.25, 0.3) is 10.9 Å². The average Bonchev–Trinajstić information content (AvgIpc) is 2.44. The molecule has 5 nitrogen and oxygen atoms in total. The quantitative estimate of drug-likeness (QED) is 0.813. The van der Waals surface area contributed by atoms with Gasteiger partial charge in [0.1, 0.15) is 0 Å². The number of aliphatic hydroxyl groups is 1. The van der Waals surface area contributed by atoms with E-state index in [4.69, 9.17) is 0 Å². The maximum absolute atomic E-state index is 11.4. The van der Waals surface area contributed by atoms with Gasteiger partial charge in [-0.3, -0.25) is 9.78 Å². The Morgan fingerprint density at radius 1 is 1.45 bits per heavy atom. The van der Waals surface area contributed by atoms with Crippen LogP contribution in [0.5, 0.6) is 0 Å². The number of para-hydroxylation sites is 1. The predicted molar refractivity (Wildman–Crippen MR) is 77.6 cm³/mol. The lowest BCUT2D eigenvalue weighted by Gasteiger charge is -2.12. The highest BCUT2D eigenvalue weighted by atomic mass is 16.5. The number of rotatable bonds is 5. The van der Waals surface area contributed by atoms with Crippen LogP contribution < -0.4 is 5.32 Å². The molecule has 2 N–H and O–H groups in total. The molecule has 0 fully saturated rings. The summed E-state index contributed by atoms with van der Waals surface area (Å²) in [5, 5.41) is 13.5. The smallest absolute Gasteiger partial charge is 0.311 e. The number of nitrogens with one attached hydrogen (secondary N) is 1. The summed E-state index contributed by atoms with van der Waals surface area (Å²) < 4.78 is 4.66. The number of anilines is 1. The summed E-state index contributed by atoms with van der Waals surface area (Å²) in [6, 6.07) is 9.49. The van der Waals surface area contributed by atoms with Gasteiger partial charge < -0.3 is 15.2 Å². The summed E-state index contributed by atoms with van der Waals surface area (Å²) in [5.74, 6) is -0.325. The minimum absolute atomic E-state index is 0.130. The molecule has 0 saturated carbocycles. The molecule has 1 unspecified atom stereocenters. The van der Waals surface area contributed by atoms with Crippen LogP contribution in [0.1, 0.15) is 12.6 Å². The van der Waals surface area contributed by atoms with Crippen molar-refractivity contribution in [2.45, 2.75) is 19.4 Å². The molecule has 0 saturated heterocycles. The molecule has 2 rings (SSSR count). The first-order valence-corrected chi connectivity index (χ1v) is 6.47. The Labute approximate surface area is 117 Å². The van der Waals surface area contributed by atoms with Gasteiger partial charge in [-0.1, -0.05) is 18.2 Å². The molecule has 0 bridgehead atoms. The number of aliphatic hydroxyl groups excluding tert-OH is 1. The van der Waals surface area contributed by atoms with Crippen molar-refractivity contribution >= 4 is 22.6 Å². The Hall–Kier alpha value is -2.14. The van der Waals surface area contributed by atoms with Crippen molar-refractivity contribution in [3.05, 3.63) is 36.0 Å². The fourth-order valence-corrected chi connectivity index (χ4v) is 1.94. The first-order chi connectivity index (χ1) is 9.60. The van der Waals surface area contributed by atoms with E-state index >= 15 is 0 Å². The molecule has 20 heavy (non-hydrogen) atoms. The number of pyridine rings is 1. The summed E-state index contributed by atoms with van der Waals surface area (Å²) in [5.41, 5.74) is 2.31. The van der Waals surface area contributed by atoms with Gasteiger partial charge in [0, 0.05) is 17.6 Å². The van der Waals surface area contributed by atoms with Crippen molar-refractivity contribution in [3.8, 4) is 0 Å². The van der Waals surface area contributed by atoms with Crippen LogP contribution in [0.4, 0.5) is 5.69 Å². The van der Waals surface area contributed by atoms with Crippen molar-refractivity contribution in [2.75, 3.05) is 19.0 Å².